The predicted octanol–water partition coefficient (Wildman–Crippen LogP) is 3.39. The lowest BCUT2D eigenvalue weighted by Gasteiger charge is -2.42. The van der Waals surface area contributed by atoms with Gasteiger partial charge in [-0.05, 0) is 42.9 Å². The number of nitrogens with one attached hydrogen (secondary N) is 1. The number of aliphatic hydroxyl groups excluding tert-OH is 1. The summed E-state index contributed by atoms with van der Waals surface area (Å²) in [4.78, 5) is 40.0. The van der Waals surface area contributed by atoms with Gasteiger partial charge in [0.15, 0.2) is 11.7 Å². The Morgan fingerprint density at radius 3 is 2.37 bits per heavy atom. The molecule has 9 nitrogen and oxygen atoms in total. The average molecular weight is 519 g/mol. The Morgan fingerprint density at radius 2 is 1.79 bits per heavy atom. The maximum absolute atomic E-state index is 14.4. The van der Waals surface area contributed by atoms with Crippen molar-refractivity contribution in [2.45, 2.75) is 95.4 Å². The lowest BCUT2D eigenvalue weighted by atomic mass is 9.86. The molecule has 4 rings (SSSR count). The third kappa shape index (κ3) is 5.51. The van der Waals surface area contributed by atoms with E-state index in [1.54, 1.807) is 6.92 Å². The van der Waals surface area contributed by atoms with Crippen LogP contribution in [0.1, 0.15) is 77.5 Å². The maximum atomic E-state index is 14.4. The van der Waals surface area contributed by atoms with Gasteiger partial charge in [-0.1, -0.05) is 52.2 Å². The fourth-order valence-corrected chi connectivity index (χ4v) is 5.48. The molecule has 1 unspecified atom stereocenters. The van der Waals surface area contributed by atoms with Crippen molar-refractivity contribution in [3.05, 3.63) is 54.1 Å². The molecule has 2 N–H and O–H groups in total. The SMILES string of the molecule is CC(C)(C)c1ccc(N(C(=O)[C@H]2C[C@@H](O)CN2C#N)C(C)(C(=O)NC2CCCCC2)c2cnccn2)cc1. The smallest absolute Gasteiger partial charge is 0.252 e. The molecule has 2 aliphatic rings. The van der Waals surface area contributed by atoms with Gasteiger partial charge in [0.1, 0.15) is 6.04 Å². The van der Waals surface area contributed by atoms with Crippen LogP contribution in [0.5, 0.6) is 0 Å². The topological polar surface area (TPSA) is 122 Å². The number of benzene rings is 1. The molecule has 2 aromatic rings. The third-order valence-corrected chi connectivity index (χ3v) is 7.80. The van der Waals surface area contributed by atoms with E-state index in [4.69, 9.17) is 0 Å². The number of likely N-dealkylation sites (tertiary alicyclic amines) is 1. The lowest BCUT2D eigenvalue weighted by Crippen LogP contribution is -2.61. The number of aliphatic hydroxyl groups is 1. The third-order valence-electron chi connectivity index (χ3n) is 7.80. The highest BCUT2D eigenvalue weighted by Gasteiger charge is 2.50. The first-order chi connectivity index (χ1) is 18.1. The maximum Gasteiger partial charge on any atom is 0.252 e. The number of aromatic nitrogens is 2. The van der Waals surface area contributed by atoms with Gasteiger partial charge in [0.25, 0.3) is 11.8 Å². The van der Waals surface area contributed by atoms with Crippen molar-refractivity contribution in [3.8, 4) is 6.19 Å². The second kappa shape index (κ2) is 11.1. The minimum absolute atomic E-state index is 0.0105. The van der Waals surface area contributed by atoms with Gasteiger partial charge in [-0.25, -0.2) is 0 Å². The molecular weight excluding hydrogens is 480 g/mol. The Labute approximate surface area is 224 Å². The van der Waals surface area contributed by atoms with Gasteiger partial charge in [0.05, 0.1) is 24.5 Å². The molecule has 0 radical (unpaired) electrons. The number of carbonyl (C=O) groups excluding carboxylic acids is 2. The molecule has 1 saturated carbocycles. The number of amides is 2. The van der Waals surface area contributed by atoms with E-state index >= 15 is 0 Å². The molecule has 1 aromatic heterocycles. The summed E-state index contributed by atoms with van der Waals surface area (Å²) in [6.07, 6.45) is 10.9. The molecule has 1 aliphatic heterocycles. The van der Waals surface area contributed by atoms with E-state index in [1.165, 1.54) is 28.4 Å². The second-order valence-corrected chi connectivity index (χ2v) is 11.6. The van der Waals surface area contributed by atoms with E-state index in [9.17, 15) is 20.0 Å². The van der Waals surface area contributed by atoms with E-state index in [2.05, 4.69) is 36.1 Å². The molecule has 2 heterocycles. The van der Waals surface area contributed by atoms with Gasteiger partial charge in [-0.3, -0.25) is 29.4 Å². The molecule has 0 spiro atoms. The van der Waals surface area contributed by atoms with Crippen LogP contribution < -0.4 is 10.2 Å². The summed E-state index contributed by atoms with van der Waals surface area (Å²) >= 11 is 0. The number of β-amino-alcohol motifs (C(OH)–C–C–N with tert-alkyl or cyclic N) is 1. The molecule has 2 fully saturated rings. The highest BCUT2D eigenvalue weighted by molar-refractivity contribution is 6.06. The Balaban J connectivity index is 1.84. The second-order valence-electron chi connectivity index (χ2n) is 11.6. The van der Waals surface area contributed by atoms with Gasteiger partial charge >= 0.3 is 0 Å². The van der Waals surface area contributed by atoms with Crippen molar-refractivity contribution in [1.82, 2.24) is 20.2 Å². The molecule has 3 atom stereocenters. The van der Waals surface area contributed by atoms with E-state index in [0.29, 0.717) is 11.4 Å². The quantitative estimate of drug-likeness (QED) is 0.562. The van der Waals surface area contributed by atoms with Crippen LogP contribution in [-0.4, -0.2) is 56.5 Å². The largest absolute Gasteiger partial charge is 0.391 e. The summed E-state index contributed by atoms with van der Waals surface area (Å²) in [5.74, 6) is -0.793. The summed E-state index contributed by atoms with van der Waals surface area (Å²) < 4.78 is 0. The molecule has 9 heteroatoms. The average Bonchev–Trinajstić information content (AvgIpc) is 3.30. The minimum Gasteiger partial charge on any atom is -0.391 e. The van der Waals surface area contributed by atoms with Crippen LogP contribution >= 0.6 is 0 Å². The van der Waals surface area contributed by atoms with Crippen molar-refractivity contribution < 1.29 is 14.7 Å². The van der Waals surface area contributed by atoms with Gasteiger partial charge < -0.3 is 10.4 Å². The van der Waals surface area contributed by atoms with Crippen LogP contribution in [0.3, 0.4) is 0 Å². The van der Waals surface area contributed by atoms with Gasteiger partial charge in [0.2, 0.25) is 0 Å². The first-order valence-corrected chi connectivity index (χ1v) is 13.4. The number of anilines is 1. The van der Waals surface area contributed by atoms with Crippen LogP contribution in [-0.2, 0) is 20.5 Å². The molecule has 2 amide bonds. The van der Waals surface area contributed by atoms with Crippen molar-refractivity contribution in [3.63, 3.8) is 0 Å². The minimum atomic E-state index is -1.55. The first kappa shape index (κ1) is 27.5. The number of carbonyl (C=O) groups is 2. The zero-order valence-corrected chi connectivity index (χ0v) is 22.7. The molecule has 202 valence electrons. The lowest BCUT2D eigenvalue weighted by molar-refractivity contribution is -0.132. The monoisotopic (exact) mass is 518 g/mol. The van der Waals surface area contributed by atoms with Crippen LogP contribution in [0, 0.1) is 11.5 Å². The van der Waals surface area contributed by atoms with Gasteiger partial charge in [0, 0.05) is 30.5 Å². The van der Waals surface area contributed by atoms with E-state index in [0.717, 1.165) is 37.7 Å². The van der Waals surface area contributed by atoms with E-state index in [-0.39, 0.29) is 30.3 Å². The summed E-state index contributed by atoms with van der Waals surface area (Å²) in [5, 5.41) is 23.2. The normalized spacial score (nSPS) is 21.8. The number of nitriles is 1. The fourth-order valence-electron chi connectivity index (χ4n) is 5.48. The summed E-state index contributed by atoms with van der Waals surface area (Å²) in [7, 11) is 0. The Bertz CT molecular complexity index is 1170. The van der Waals surface area contributed by atoms with Gasteiger partial charge in [-0.15, -0.1) is 0 Å². The van der Waals surface area contributed by atoms with Crippen LogP contribution in [0.15, 0.2) is 42.9 Å². The fraction of sp³-hybridized carbons (Fsp3) is 0.552. The van der Waals surface area contributed by atoms with Crippen LogP contribution in [0.4, 0.5) is 5.69 Å². The Kier molecular flexibility index (Phi) is 8.02. The van der Waals surface area contributed by atoms with Crippen molar-refractivity contribution >= 4 is 17.5 Å². The number of rotatable bonds is 6. The van der Waals surface area contributed by atoms with Gasteiger partial charge in [-0.2, -0.15) is 5.26 Å². The van der Waals surface area contributed by atoms with Crippen molar-refractivity contribution in [1.29, 1.82) is 5.26 Å². The molecule has 1 aromatic carbocycles. The molecular formula is C29H38N6O3. The molecule has 1 saturated heterocycles. The van der Waals surface area contributed by atoms with Crippen molar-refractivity contribution in [2.24, 2.45) is 0 Å². The molecule has 1 aliphatic carbocycles. The van der Waals surface area contributed by atoms with Crippen LogP contribution in [0.2, 0.25) is 0 Å². The predicted molar refractivity (Wildman–Crippen MR) is 144 cm³/mol. The summed E-state index contributed by atoms with van der Waals surface area (Å²) in [6.45, 7) is 8.08. The Hall–Kier alpha value is -3.51. The summed E-state index contributed by atoms with van der Waals surface area (Å²) in [6, 6.07) is 6.69. The van der Waals surface area contributed by atoms with E-state index < -0.39 is 23.6 Å². The van der Waals surface area contributed by atoms with Crippen molar-refractivity contribution in [2.75, 3.05) is 11.4 Å². The highest BCUT2D eigenvalue weighted by atomic mass is 16.3. The highest BCUT2D eigenvalue weighted by Crippen LogP contribution is 2.37. The zero-order chi connectivity index (χ0) is 27.5. The van der Waals surface area contributed by atoms with Crippen LogP contribution in [0.25, 0.3) is 0 Å². The summed E-state index contributed by atoms with van der Waals surface area (Å²) in [5.41, 5.74) is 0.252. The standard InChI is InChI=1S/C29H38N6O3/c1-28(2,3)20-10-12-22(13-11-20)35(26(37)24-16-23(36)18-34(24)19-30)29(4,25-17-31-14-15-32-25)27(38)33-21-8-6-5-7-9-21/h10-15,17,21,23-24,36H,5-9,16,18H2,1-4H3,(H,33,38)/t23-,24-,29?/m1/s1. The Morgan fingerprint density at radius 1 is 1.11 bits per heavy atom. The van der Waals surface area contributed by atoms with E-state index in [1.807, 2.05) is 30.5 Å². The zero-order valence-electron chi connectivity index (χ0n) is 22.7. The number of hydrogen-bond donors (Lipinski definition) is 2. The molecule has 0 bridgehead atoms. The number of hydrogen-bond acceptors (Lipinski definition) is 7. The molecule has 38 heavy (non-hydrogen) atoms. The number of nitrogens with zero attached hydrogens (tertiary/aromatic N) is 5. The first-order valence-electron chi connectivity index (χ1n) is 13.4.